The first-order valence-corrected chi connectivity index (χ1v) is 15.2. The van der Waals surface area contributed by atoms with Gasteiger partial charge in [-0.05, 0) is 65.0 Å². The minimum atomic E-state index is -0.0155. The van der Waals surface area contributed by atoms with Gasteiger partial charge in [0.2, 0.25) is 5.90 Å². The van der Waals surface area contributed by atoms with Gasteiger partial charge in [0.25, 0.3) is 0 Å². The van der Waals surface area contributed by atoms with Crippen LogP contribution >= 0.6 is 0 Å². The molecule has 0 saturated carbocycles. The number of hydrogen-bond acceptors (Lipinski definition) is 3. The molecule has 0 radical (unpaired) electrons. The maximum Gasteiger partial charge on any atom is 0.233 e. The number of rotatable bonds is 7. The number of aliphatic hydroxyl groups is 1. The minimum Gasteiger partial charge on any atom is -0.492 e. The van der Waals surface area contributed by atoms with Crippen molar-refractivity contribution in [3.05, 3.63) is 132 Å². The number of aromatic nitrogens is 1. The second-order valence-corrected chi connectivity index (χ2v) is 11.8. The molecule has 0 aliphatic carbocycles. The first-order valence-electron chi connectivity index (χ1n) is 15.2. The molecule has 0 spiro atoms. The van der Waals surface area contributed by atoms with Crippen LogP contribution in [-0.2, 0) is 16.5 Å². The van der Waals surface area contributed by atoms with E-state index in [9.17, 15) is 5.11 Å². The van der Waals surface area contributed by atoms with Crippen LogP contribution in [0.25, 0.3) is 0 Å². The maximum atomic E-state index is 10.9. The van der Waals surface area contributed by atoms with Gasteiger partial charge < -0.3 is 5.11 Å². The Labute approximate surface area is 276 Å². The molecule has 4 nitrogen and oxygen atoms in total. The average Bonchev–Trinajstić information content (AvgIpc) is 2.98. The van der Waals surface area contributed by atoms with E-state index in [-0.39, 0.29) is 22.4 Å². The van der Waals surface area contributed by atoms with Crippen LogP contribution in [-0.4, -0.2) is 21.7 Å². The molecule has 0 unspecified atom stereocenters. The van der Waals surface area contributed by atoms with E-state index in [0.29, 0.717) is 29.4 Å². The summed E-state index contributed by atoms with van der Waals surface area (Å²) in [5.41, 5.74) is 8.12. The Hall–Kier alpha value is -3.69. The van der Waals surface area contributed by atoms with Crippen molar-refractivity contribution in [2.45, 2.75) is 86.0 Å². The Morgan fingerprint density at radius 2 is 0.932 bits per heavy atom. The molecule has 0 aliphatic heterocycles. The summed E-state index contributed by atoms with van der Waals surface area (Å²) in [7, 11) is 0. The van der Waals surface area contributed by atoms with Gasteiger partial charge in [-0.1, -0.05) is 104 Å². The van der Waals surface area contributed by atoms with E-state index < -0.39 is 0 Å². The van der Waals surface area contributed by atoms with E-state index in [4.69, 9.17) is 4.99 Å². The second kappa shape index (κ2) is 19.6. The average molecular weight is 636 g/mol. The van der Waals surface area contributed by atoms with Crippen LogP contribution < -0.4 is 0 Å². The van der Waals surface area contributed by atoms with Crippen molar-refractivity contribution in [2.24, 2.45) is 9.98 Å². The fourth-order valence-corrected chi connectivity index (χ4v) is 4.48. The molecule has 0 aliphatic rings. The summed E-state index contributed by atoms with van der Waals surface area (Å²) in [6, 6.07) is 28.2. The van der Waals surface area contributed by atoms with Crippen molar-refractivity contribution in [2.75, 3.05) is 0 Å². The van der Waals surface area contributed by atoms with Crippen LogP contribution in [0.5, 0.6) is 0 Å². The number of aliphatic imine (C=N–C) groups is 2. The molecule has 0 saturated heterocycles. The van der Waals surface area contributed by atoms with E-state index in [2.05, 4.69) is 109 Å². The number of pyridine rings is 1. The first-order chi connectivity index (χ1) is 20.4. The Kier molecular flexibility index (Phi) is 17.0. The van der Waals surface area contributed by atoms with Crippen molar-refractivity contribution >= 4 is 23.0 Å². The SMILES string of the molecule is CC(=Nc1c(C(C)C)cccc1C(C)C)C(O)=Nc1c(C(C)C)cccc1C(C)C.[CH2-]c1ccccc1.[Ni].c1ccncc1. The summed E-state index contributed by atoms with van der Waals surface area (Å²) in [6.07, 6.45) is 3.50. The van der Waals surface area contributed by atoms with Crippen molar-refractivity contribution < 1.29 is 21.6 Å². The molecule has 0 bridgehead atoms. The standard InChI is InChI=1S/C27H38N2O.C7H7.C5H5N.Ni/c1-16(2)21-12-10-13-22(17(3)4)25(21)28-20(9)27(30)29-26-23(18(5)6)14-11-15-24(26)19(7)8;1-7-5-3-2-4-6-7;1-2-4-6-5-3-1;/h10-19H,1-9H3,(H,29,30);2-6H,1H2;1-5H;/q;-1;;. The monoisotopic (exact) mass is 634 g/mol. The molecule has 0 atom stereocenters. The van der Waals surface area contributed by atoms with Crippen molar-refractivity contribution in [3.8, 4) is 0 Å². The number of aliphatic hydroxyl groups excluding tert-OH is 1. The van der Waals surface area contributed by atoms with Gasteiger partial charge in [-0.2, -0.15) is 24.6 Å². The zero-order chi connectivity index (χ0) is 31.9. The molecular weight excluding hydrogens is 585 g/mol. The van der Waals surface area contributed by atoms with Gasteiger partial charge in [-0.15, -0.1) is 12.1 Å². The van der Waals surface area contributed by atoms with Crippen LogP contribution in [0.1, 0.15) is 114 Å². The van der Waals surface area contributed by atoms with Crippen molar-refractivity contribution in [3.63, 3.8) is 0 Å². The van der Waals surface area contributed by atoms with Crippen molar-refractivity contribution in [1.29, 1.82) is 0 Å². The van der Waals surface area contributed by atoms with Gasteiger partial charge in [-0.3, -0.25) is 4.98 Å². The second-order valence-electron chi connectivity index (χ2n) is 11.8. The number of hydrogen-bond donors (Lipinski definition) is 1. The van der Waals surface area contributed by atoms with Gasteiger partial charge in [0, 0.05) is 28.9 Å². The van der Waals surface area contributed by atoms with E-state index in [1.165, 1.54) is 11.1 Å². The number of para-hydroxylation sites is 2. The van der Waals surface area contributed by atoms with Crippen LogP contribution in [0.2, 0.25) is 0 Å². The summed E-state index contributed by atoms with van der Waals surface area (Å²) in [6.45, 7) is 22.9. The Morgan fingerprint density at radius 3 is 1.20 bits per heavy atom. The summed E-state index contributed by atoms with van der Waals surface area (Å²) < 4.78 is 0. The van der Waals surface area contributed by atoms with Gasteiger partial charge in [0.05, 0.1) is 17.1 Å². The minimum absolute atomic E-state index is 0. The molecule has 0 amide bonds. The molecule has 44 heavy (non-hydrogen) atoms. The third-order valence-electron chi connectivity index (χ3n) is 6.92. The third kappa shape index (κ3) is 12.1. The Balaban J connectivity index is 0.000000564. The molecule has 3 aromatic carbocycles. The van der Waals surface area contributed by atoms with Crippen LogP contribution in [0.3, 0.4) is 0 Å². The molecule has 238 valence electrons. The van der Waals surface area contributed by atoms with Crippen LogP contribution in [0.15, 0.2) is 107 Å². The molecule has 1 heterocycles. The molecule has 1 N–H and O–H groups in total. The van der Waals surface area contributed by atoms with Gasteiger partial charge >= 0.3 is 0 Å². The maximum absolute atomic E-state index is 10.9. The topological polar surface area (TPSA) is 57.8 Å². The first kappa shape index (κ1) is 38.3. The van der Waals surface area contributed by atoms with Gasteiger partial charge in [0.15, 0.2) is 0 Å². The smallest absolute Gasteiger partial charge is 0.233 e. The van der Waals surface area contributed by atoms with Gasteiger partial charge in [0.1, 0.15) is 0 Å². The van der Waals surface area contributed by atoms with Crippen LogP contribution in [0, 0.1) is 6.92 Å². The summed E-state index contributed by atoms with van der Waals surface area (Å²) in [5, 5.41) is 10.9. The fraction of sp³-hybridized carbons (Fsp3) is 0.333. The summed E-state index contributed by atoms with van der Waals surface area (Å²) >= 11 is 0. The molecule has 4 aromatic rings. The predicted molar refractivity (Wildman–Crippen MR) is 187 cm³/mol. The molecule has 5 heteroatoms. The Bertz CT molecular complexity index is 1290. The van der Waals surface area contributed by atoms with E-state index in [0.717, 1.165) is 28.1 Å². The van der Waals surface area contributed by atoms with E-state index in [1.54, 1.807) is 12.4 Å². The zero-order valence-corrected chi connectivity index (χ0v) is 28.8. The fourth-order valence-electron chi connectivity index (χ4n) is 4.48. The molecule has 1 aromatic heterocycles. The number of nitrogens with zero attached hydrogens (tertiary/aromatic N) is 3. The predicted octanol–water partition coefficient (Wildman–Crippen LogP) is 11.5. The Morgan fingerprint density at radius 1 is 0.568 bits per heavy atom. The summed E-state index contributed by atoms with van der Waals surface area (Å²) in [4.78, 5) is 13.4. The quantitative estimate of drug-likeness (QED) is 0.0951. The van der Waals surface area contributed by atoms with E-state index in [1.807, 2.05) is 55.5 Å². The molecule has 4 rings (SSSR count). The van der Waals surface area contributed by atoms with Crippen LogP contribution in [0.4, 0.5) is 11.4 Å². The van der Waals surface area contributed by atoms with Crippen molar-refractivity contribution in [1.82, 2.24) is 4.98 Å². The van der Waals surface area contributed by atoms with Gasteiger partial charge in [-0.25, -0.2) is 9.98 Å². The number of benzene rings is 3. The normalized spacial score (nSPS) is 11.5. The largest absolute Gasteiger partial charge is 0.492 e. The molecular formula is C39H50N3NiO-. The third-order valence-corrected chi connectivity index (χ3v) is 6.92. The van der Waals surface area contributed by atoms with E-state index >= 15 is 0 Å². The molecule has 0 fully saturated rings. The zero-order valence-electron chi connectivity index (χ0n) is 27.9. The summed E-state index contributed by atoms with van der Waals surface area (Å²) in [5.74, 6) is 1.33.